The Morgan fingerprint density at radius 3 is 2.55 bits per heavy atom. The van der Waals surface area contributed by atoms with Crippen LogP contribution in [0, 0.1) is 18.3 Å². The van der Waals surface area contributed by atoms with Gasteiger partial charge in [0.1, 0.15) is 0 Å². The van der Waals surface area contributed by atoms with Crippen LogP contribution < -0.4 is 10.0 Å². The number of rotatable bonds is 6. The molecule has 1 atom stereocenters. The van der Waals surface area contributed by atoms with E-state index < -0.39 is 10.0 Å². The average molecular weight is 296 g/mol. The molecule has 1 aromatic carbocycles. The fourth-order valence-electron chi connectivity index (χ4n) is 2.55. The van der Waals surface area contributed by atoms with Crippen LogP contribution in [-0.2, 0) is 16.6 Å². The van der Waals surface area contributed by atoms with E-state index >= 15 is 0 Å². The molecule has 1 aliphatic rings. The first-order chi connectivity index (χ1) is 9.28. The van der Waals surface area contributed by atoms with Crippen LogP contribution in [0.25, 0.3) is 0 Å². The predicted molar refractivity (Wildman–Crippen MR) is 81.0 cm³/mol. The van der Waals surface area contributed by atoms with Crippen molar-refractivity contribution >= 4 is 10.0 Å². The van der Waals surface area contributed by atoms with Gasteiger partial charge in [0.05, 0.1) is 4.90 Å². The number of sulfonamides is 1. The minimum absolute atomic E-state index is 0.283. The average Bonchev–Trinajstić information content (AvgIpc) is 2.98. The second-order valence-electron chi connectivity index (χ2n) is 6.31. The van der Waals surface area contributed by atoms with Gasteiger partial charge in [-0.3, -0.25) is 0 Å². The zero-order chi connectivity index (χ0) is 15.0. The summed E-state index contributed by atoms with van der Waals surface area (Å²) in [5.74, 6) is 0.457. The third-order valence-electron chi connectivity index (χ3n) is 4.29. The van der Waals surface area contributed by atoms with Crippen LogP contribution in [0.1, 0.15) is 31.4 Å². The lowest BCUT2D eigenvalue weighted by Gasteiger charge is -2.13. The van der Waals surface area contributed by atoms with Crippen molar-refractivity contribution in [2.24, 2.45) is 11.3 Å². The molecule has 0 aliphatic heterocycles. The van der Waals surface area contributed by atoms with Gasteiger partial charge in [-0.2, -0.15) is 0 Å². The lowest BCUT2D eigenvalue weighted by molar-refractivity contribution is 0.537. The van der Waals surface area contributed by atoms with Gasteiger partial charge in [-0.25, -0.2) is 13.1 Å². The monoisotopic (exact) mass is 296 g/mol. The molecule has 1 fully saturated rings. The number of hydrogen-bond acceptors (Lipinski definition) is 3. The Morgan fingerprint density at radius 2 is 2.00 bits per heavy atom. The summed E-state index contributed by atoms with van der Waals surface area (Å²) in [5, 5.41) is 3.06. The molecule has 1 aliphatic carbocycles. The topological polar surface area (TPSA) is 58.2 Å². The first kappa shape index (κ1) is 15.5. The van der Waals surface area contributed by atoms with E-state index in [2.05, 4.69) is 23.9 Å². The van der Waals surface area contributed by atoms with Gasteiger partial charge in [-0.15, -0.1) is 0 Å². The highest BCUT2D eigenvalue weighted by atomic mass is 32.2. The van der Waals surface area contributed by atoms with Crippen molar-refractivity contribution in [1.82, 2.24) is 10.0 Å². The molecule has 4 nitrogen and oxygen atoms in total. The lowest BCUT2D eigenvalue weighted by Crippen LogP contribution is -2.27. The molecular weight excluding hydrogens is 272 g/mol. The number of nitrogens with one attached hydrogen (secondary N) is 2. The van der Waals surface area contributed by atoms with Crippen LogP contribution in [0.3, 0.4) is 0 Å². The maximum Gasteiger partial charge on any atom is 0.240 e. The fourth-order valence-corrected chi connectivity index (χ4v) is 3.91. The third kappa shape index (κ3) is 3.22. The molecule has 5 heteroatoms. The van der Waals surface area contributed by atoms with Crippen molar-refractivity contribution in [3.05, 3.63) is 29.3 Å². The van der Waals surface area contributed by atoms with Crippen molar-refractivity contribution in [2.45, 2.75) is 38.6 Å². The summed E-state index contributed by atoms with van der Waals surface area (Å²) in [7, 11) is -1.56. The Morgan fingerprint density at radius 1 is 1.35 bits per heavy atom. The normalized spacial score (nSPS) is 20.9. The first-order valence-corrected chi connectivity index (χ1v) is 8.49. The molecule has 0 bridgehead atoms. The maximum absolute atomic E-state index is 12.4. The van der Waals surface area contributed by atoms with Crippen LogP contribution in [0.5, 0.6) is 0 Å². The number of hydrogen-bond donors (Lipinski definition) is 2. The van der Waals surface area contributed by atoms with Crippen molar-refractivity contribution in [1.29, 1.82) is 0 Å². The predicted octanol–water partition coefficient (Wildman–Crippen LogP) is 2.04. The summed E-state index contributed by atoms with van der Waals surface area (Å²) in [6, 6.07) is 5.43. The summed E-state index contributed by atoms with van der Waals surface area (Å²) >= 11 is 0. The standard InChI is InChI=1S/C15H24N2O2S/c1-11-12(9-16-4)6-5-7-14(11)20(18,19)17-10-13-8-15(13,2)3/h5-7,13,16-17H,8-10H2,1-4H3. The second-order valence-corrected chi connectivity index (χ2v) is 8.05. The largest absolute Gasteiger partial charge is 0.316 e. The Hall–Kier alpha value is -0.910. The summed E-state index contributed by atoms with van der Waals surface area (Å²) in [6.45, 7) is 7.41. The van der Waals surface area contributed by atoms with Crippen LogP contribution in [-0.4, -0.2) is 22.0 Å². The van der Waals surface area contributed by atoms with Gasteiger partial charge in [0.15, 0.2) is 0 Å². The van der Waals surface area contributed by atoms with E-state index in [1.54, 1.807) is 12.1 Å². The van der Waals surface area contributed by atoms with E-state index in [0.29, 0.717) is 23.9 Å². The van der Waals surface area contributed by atoms with E-state index in [1.165, 1.54) is 0 Å². The van der Waals surface area contributed by atoms with Crippen molar-refractivity contribution in [3.8, 4) is 0 Å². The minimum atomic E-state index is -3.41. The molecule has 0 heterocycles. The SMILES string of the molecule is CNCc1cccc(S(=O)(=O)NCC2CC2(C)C)c1C. The molecule has 112 valence electrons. The zero-order valence-corrected chi connectivity index (χ0v) is 13.5. The van der Waals surface area contributed by atoms with E-state index in [1.807, 2.05) is 20.0 Å². The van der Waals surface area contributed by atoms with Crippen molar-refractivity contribution < 1.29 is 8.42 Å². The molecule has 0 amide bonds. The molecule has 1 aromatic rings. The van der Waals surface area contributed by atoms with Gasteiger partial charge >= 0.3 is 0 Å². The molecule has 20 heavy (non-hydrogen) atoms. The highest BCUT2D eigenvalue weighted by Gasteiger charge is 2.45. The van der Waals surface area contributed by atoms with Gasteiger partial charge in [0.25, 0.3) is 0 Å². The Balaban J connectivity index is 2.15. The molecule has 0 spiro atoms. The Kier molecular flexibility index (Phi) is 4.23. The van der Waals surface area contributed by atoms with Gasteiger partial charge in [0.2, 0.25) is 10.0 Å². The third-order valence-corrected chi connectivity index (χ3v) is 5.86. The highest BCUT2D eigenvalue weighted by Crippen LogP contribution is 2.51. The fraction of sp³-hybridized carbons (Fsp3) is 0.600. The van der Waals surface area contributed by atoms with Crippen LogP contribution in [0.4, 0.5) is 0 Å². The van der Waals surface area contributed by atoms with E-state index in [0.717, 1.165) is 17.5 Å². The Bertz CT molecular complexity index is 594. The molecule has 2 rings (SSSR count). The quantitative estimate of drug-likeness (QED) is 0.844. The van der Waals surface area contributed by atoms with Crippen LogP contribution in [0.2, 0.25) is 0 Å². The molecule has 2 N–H and O–H groups in total. The van der Waals surface area contributed by atoms with Gasteiger partial charge < -0.3 is 5.32 Å². The molecule has 1 unspecified atom stereocenters. The van der Waals surface area contributed by atoms with E-state index in [4.69, 9.17) is 0 Å². The first-order valence-electron chi connectivity index (χ1n) is 7.00. The van der Waals surface area contributed by atoms with Crippen molar-refractivity contribution in [3.63, 3.8) is 0 Å². The zero-order valence-electron chi connectivity index (χ0n) is 12.7. The van der Waals surface area contributed by atoms with Crippen molar-refractivity contribution in [2.75, 3.05) is 13.6 Å². The van der Waals surface area contributed by atoms with Gasteiger partial charge in [-0.05, 0) is 48.9 Å². The van der Waals surface area contributed by atoms with Crippen LogP contribution in [0.15, 0.2) is 23.1 Å². The molecule has 0 saturated heterocycles. The number of benzene rings is 1. The molecule has 0 aromatic heterocycles. The smallest absolute Gasteiger partial charge is 0.240 e. The molecule has 0 radical (unpaired) electrons. The highest BCUT2D eigenvalue weighted by molar-refractivity contribution is 7.89. The van der Waals surface area contributed by atoms with Gasteiger partial charge in [0, 0.05) is 13.1 Å². The lowest BCUT2D eigenvalue weighted by atomic mass is 10.1. The second kappa shape index (κ2) is 5.47. The van der Waals surface area contributed by atoms with Gasteiger partial charge in [-0.1, -0.05) is 26.0 Å². The van der Waals surface area contributed by atoms with Crippen LogP contribution >= 0.6 is 0 Å². The summed E-state index contributed by atoms with van der Waals surface area (Å²) < 4.78 is 27.6. The minimum Gasteiger partial charge on any atom is -0.316 e. The van der Waals surface area contributed by atoms with E-state index in [-0.39, 0.29) is 5.41 Å². The summed E-state index contributed by atoms with van der Waals surface area (Å²) in [5.41, 5.74) is 2.12. The maximum atomic E-state index is 12.4. The molecule has 1 saturated carbocycles. The Labute approximate surface area is 122 Å². The summed E-state index contributed by atoms with van der Waals surface area (Å²) in [6.07, 6.45) is 1.09. The summed E-state index contributed by atoms with van der Waals surface area (Å²) in [4.78, 5) is 0.392. The van der Waals surface area contributed by atoms with E-state index in [9.17, 15) is 8.42 Å². The molecular formula is C15H24N2O2S.